The normalized spacial score (nSPS) is 9.56. The molecule has 0 atom stereocenters. The highest BCUT2D eigenvalue weighted by Crippen LogP contribution is 2.18. The van der Waals surface area contributed by atoms with Gasteiger partial charge in [0.05, 0.1) is 0 Å². The van der Waals surface area contributed by atoms with Gasteiger partial charge in [0.2, 0.25) is 0 Å². The lowest BCUT2D eigenvalue weighted by Crippen LogP contribution is -2.27. The van der Waals surface area contributed by atoms with Crippen LogP contribution in [0.15, 0.2) is 18.2 Å². The molecular weight excluding hydrogens is 271 g/mol. The predicted octanol–water partition coefficient (Wildman–Crippen LogP) is 3.14. The molecule has 106 valence electrons. The van der Waals surface area contributed by atoms with Crippen LogP contribution in [0.1, 0.15) is 19.4 Å². The number of hydrogen-bond acceptors (Lipinski definition) is 3. The molecule has 0 saturated heterocycles. The summed E-state index contributed by atoms with van der Waals surface area (Å²) in [7, 11) is 0. The van der Waals surface area contributed by atoms with Gasteiger partial charge in [0.15, 0.2) is 0 Å². The van der Waals surface area contributed by atoms with Crippen LogP contribution in [0.4, 0.5) is 5.69 Å². The molecular formula is C13H24Cl2N2O. The minimum atomic E-state index is 0. The summed E-state index contributed by atoms with van der Waals surface area (Å²) in [6.07, 6.45) is 0. The van der Waals surface area contributed by atoms with Crippen molar-refractivity contribution >= 4 is 30.5 Å². The zero-order valence-corrected chi connectivity index (χ0v) is 12.9. The highest BCUT2D eigenvalue weighted by Gasteiger charge is 2.00. The van der Waals surface area contributed by atoms with E-state index in [1.165, 1.54) is 0 Å². The molecule has 0 heterocycles. The van der Waals surface area contributed by atoms with Crippen molar-refractivity contribution in [1.82, 2.24) is 4.90 Å². The number of benzene rings is 1. The standard InChI is InChI=1S/C13H22N2O.2ClH/c1-4-15(5-2)8-9-16-12-6-7-13(14)11(3)10-12;;/h6-7,10H,4-5,8-9,14H2,1-3H3;2*1H. The van der Waals surface area contributed by atoms with Gasteiger partial charge in [0.25, 0.3) is 0 Å². The van der Waals surface area contributed by atoms with Crippen molar-refractivity contribution in [3.8, 4) is 5.75 Å². The Bertz CT molecular complexity index is 331. The van der Waals surface area contributed by atoms with Crippen molar-refractivity contribution in [2.45, 2.75) is 20.8 Å². The Kier molecular flexibility index (Phi) is 11.3. The predicted molar refractivity (Wildman–Crippen MR) is 83.4 cm³/mol. The van der Waals surface area contributed by atoms with Crippen LogP contribution in [0.2, 0.25) is 0 Å². The zero-order valence-electron chi connectivity index (χ0n) is 11.3. The van der Waals surface area contributed by atoms with Crippen molar-refractivity contribution in [2.75, 3.05) is 32.0 Å². The van der Waals surface area contributed by atoms with Gasteiger partial charge in [-0.1, -0.05) is 13.8 Å². The SMILES string of the molecule is CCN(CC)CCOc1ccc(N)c(C)c1.Cl.Cl. The molecule has 0 bridgehead atoms. The maximum atomic E-state index is 5.74. The first-order valence-corrected chi connectivity index (χ1v) is 5.88. The summed E-state index contributed by atoms with van der Waals surface area (Å²) < 4.78 is 5.68. The molecule has 0 saturated carbocycles. The van der Waals surface area contributed by atoms with E-state index in [0.717, 1.165) is 43.2 Å². The molecule has 3 nitrogen and oxygen atoms in total. The molecule has 0 aliphatic heterocycles. The van der Waals surface area contributed by atoms with Crippen LogP contribution in [-0.2, 0) is 0 Å². The average Bonchev–Trinajstić information content (AvgIpc) is 2.29. The van der Waals surface area contributed by atoms with E-state index in [4.69, 9.17) is 10.5 Å². The van der Waals surface area contributed by atoms with Gasteiger partial charge in [-0.15, -0.1) is 24.8 Å². The summed E-state index contributed by atoms with van der Waals surface area (Å²) >= 11 is 0. The summed E-state index contributed by atoms with van der Waals surface area (Å²) in [6, 6.07) is 5.80. The summed E-state index contributed by atoms with van der Waals surface area (Å²) in [4.78, 5) is 2.34. The van der Waals surface area contributed by atoms with E-state index in [1.807, 2.05) is 25.1 Å². The Labute approximate surface area is 123 Å². The van der Waals surface area contributed by atoms with Gasteiger partial charge in [0.1, 0.15) is 12.4 Å². The lowest BCUT2D eigenvalue weighted by atomic mass is 10.2. The quantitative estimate of drug-likeness (QED) is 0.819. The first kappa shape index (κ1) is 19.7. The first-order chi connectivity index (χ1) is 7.67. The zero-order chi connectivity index (χ0) is 12.0. The van der Waals surface area contributed by atoms with Gasteiger partial charge in [-0.25, -0.2) is 0 Å². The second-order valence-electron chi connectivity index (χ2n) is 3.89. The van der Waals surface area contributed by atoms with Crippen molar-refractivity contribution < 1.29 is 4.74 Å². The first-order valence-electron chi connectivity index (χ1n) is 5.88. The molecule has 1 aromatic rings. The highest BCUT2D eigenvalue weighted by atomic mass is 35.5. The number of ether oxygens (including phenoxy) is 1. The maximum Gasteiger partial charge on any atom is 0.119 e. The molecule has 0 aliphatic rings. The minimum Gasteiger partial charge on any atom is -0.492 e. The lowest BCUT2D eigenvalue weighted by Gasteiger charge is -2.18. The molecule has 0 fully saturated rings. The fourth-order valence-electron chi connectivity index (χ4n) is 1.57. The monoisotopic (exact) mass is 294 g/mol. The van der Waals surface area contributed by atoms with E-state index in [9.17, 15) is 0 Å². The number of halogens is 2. The molecule has 1 aromatic carbocycles. The molecule has 2 N–H and O–H groups in total. The number of nitrogens with two attached hydrogens (primary N) is 1. The Morgan fingerprint density at radius 3 is 2.28 bits per heavy atom. The number of hydrogen-bond donors (Lipinski definition) is 1. The van der Waals surface area contributed by atoms with E-state index in [1.54, 1.807) is 0 Å². The maximum absolute atomic E-state index is 5.74. The number of likely N-dealkylation sites (N-methyl/N-ethyl adjacent to an activating group) is 1. The van der Waals surface area contributed by atoms with Crippen molar-refractivity contribution in [1.29, 1.82) is 0 Å². The van der Waals surface area contributed by atoms with E-state index < -0.39 is 0 Å². The Hall–Kier alpha value is -0.640. The molecule has 1 rings (SSSR count). The Morgan fingerprint density at radius 1 is 1.17 bits per heavy atom. The second kappa shape index (κ2) is 10.3. The highest BCUT2D eigenvalue weighted by molar-refractivity contribution is 5.85. The molecule has 5 heteroatoms. The minimum absolute atomic E-state index is 0. The van der Waals surface area contributed by atoms with Crippen LogP contribution in [0, 0.1) is 6.92 Å². The number of anilines is 1. The lowest BCUT2D eigenvalue weighted by molar-refractivity contribution is 0.223. The fraction of sp³-hybridized carbons (Fsp3) is 0.538. The molecule has 0 spiro atoms. The third-order valence-electron chi connectivity index (χ3n) is 2.81. The largest absolute Gasteiger partial charge is 0.492 e. The van der Waals surface area contributed by atoms with Gasteiger partial charge in [-0.2, -0.15) is 0 Å². The van der Waals surface area contributed by atoms with E-state index in [0.29, 0.717) is 0 Å². The van der Waals surface area contributed by atoms with Crippen LogP contribution in [0.3, 0.4) is 0 Å². The van der Waals surface area contributed by atoms with Gasteiger partial charge in [0, 0.05) is 12.2 Å². The van der Waals surface area contributed by atoms with Crippen molar-refractivity contribution in [3.05, 3.63) is 23.8 Å². The number of nitrogen functional groups attached to an aromatic ring is 1. The molecule has 0 aliphatic carbocycles. The number of rotatable bonds is 6. The third-order valence-corrected chi connectivity index (χ3v) is 2.81. The molecule has 0 amide bonds. The average molecular weight is 295 g/mol. The van der Waals surface area contributed by atoms with E-state index in [2.05, 4.69) is 18.7 Å². The fourth-order valence-corrected chi connectivity index (χ4v) is 1.57. The van der Waals surface area contributed by atoms with Crippen LogP contribution >= 0.6 is 24.8 Å². The molecule has 0 aromatic heterocycles. The van der Waals surface area contributed by atoms with Crippen molar-refractivity contribution in [2.24, 2.45) is 0 Å². The molecule has 0 unspecified atom stereocenters. The van der Waals surface area contributed by atoms with Crippen molar-refractivity contribution in [3.63, 3.8) is 0 Å². The summed E-state index contributed by atoms with van der Waals surface area (Å²) in [5.74, 6) is 0.902. The topological polar surface area (TPSA) is 38.5 Å². The molecule has 0 radical (unpaired) electrons. The second-order valence-corrected chi connectivity index (χ2v) is 3.89. The van der Waals surface area contributed by atoms with Gasteiger partial charge >= 0.3 is 0 Å². The molecule has 18 heavy (non-hydrogen) atoms. The van der Waals surface area contributed by atoms with Gasteiger partial charge in [-0.3, -0.25) is 0 Å². The number of aryl methyl sites for hydroxylation is 1. The van der Waals surface area contributed by atoms with Crippen LogP contribution < -0.4 is 10.5 Å². The smallest absolute Gasteiger partial charge is 0.119 e. The summed E-state index contributed by atoms with van der Waals surface area (Å²) in [6.45, 7) is 10.2. The summed E-state index contributed by atoms with van der Waals surface area (Å²) in [5, 5.41) is 0. The van der Waals surface area contributed by atoms with Crippen LogP contribution in [0.5, 0.6) is 5.75 Å². The van der Waals surface area contributed by atoms with Gasteiger partial charge in [-0.05, 0) is 43.8 Å². The van der Waals surface area contributed by atoms with Crippen LogP contribution in [-0.4, -0.2) is 31.1 Å². The van der Waals surface area contributed by atoms with E-state index >= 15 is 0 Å². The summed E-state index contributed by atoms with van der Waals surface area (Å²) in [5.41, 5.74) is 7.63. The Balaban J connectivity index is 0. The van der Waals surface area contributed by atoms with Crippen LogP contribution in [0.25, 0.3) is 0 Å². The third kappa shape index (κ3) is 6.34. The van der Waals surface area contributed by atoms with Gasteiger partial charge < -0.3 is 15.4 Å². The Morgan fingerprint density at radius 2 is 1.78 bits per heavy atom. The van der Waals surface area contributed by atoms with E-state index in [-0.39, 0.29) is 24.8 Å². The number of nitrogens with zero attached hydrogens (tertiary/aromatic N) is 1.